The topological polar surface area (TPSA) is 85.6 Å². The second kappa shape index (κ2) is 6.41. The molecule has 1 aliphatic heterocycles. The molecule has 128 valence electrons. The molecule has 0 spiro atoms. The first kappa shape index (κ1) is 16.0. The van der Waals surface area contributed by atoms with Crippen LogP contribution < -0.4 is 9.64 Å². The van der Waals surface area contributed by atoms with Gasteiger partial charge >= 0.3 is 11.0 Å². The lowest BCUT2D eigenvalue weighted by Gasteiger charge is -2.11. The SMILES string of the molecule is O=C(Oc1ccc2nc(N3CCCC3)sc2c1)c1ccc([N+](=O)[O-])s1. The van der Waals surface area contributed by atoms with Gasteiger partial charge in [0.2, 0.25) is 0 Å². The summed E-state index contributed by atoms with van der Waals surface area (Å²) in [5.41, 5.74) is 0.874. The summed E-state index contributed by atoms with van der Waals surface area (Å²) < 4.78 is 6.30. The van der Waals surface area contributed by atoms with Gasteiger partial charge in [-0.1, -0.05) is 22.7 Å². The highest BCUT2D eigenvalue weighted by atomic mass is 32.1. The molecule has 0 bridgehead atoms. The number of rotatable bonds is 4. The molecule has 3 aromatic rings. The highest BCUT2D eigenvalue weighted by Gasteiger charge is 2.19. The van der Waals surface area contributed by atoms with Gasteiger partial charge in [-0.2, -0.15) is 0 Å². The van der Waals surface area contributed by atoms with Gasteiger partial charge in [0.25, 0.3) is 0 Å². The first-order valence-electron chi connectivity index (χ1n) is 7.72. The maximum atomic E-state index is 12.1. The number of benzene rings is 1. The van der Waals surface area contributed by atoms with Crippen molar-refractivity contribution in [1.82, 2.24) is 4.98 Å². The highest BCUT2D eigenvalue weighted by Crippen LogP contribution is 2.33. The van der Waals surface area contributed by atoms with Gasteiger partial charge in [0, 0.05) is 25.2 Å². The van der Waals surface area contributed by atoms with E-state index in [0.29, 0.717) is 5.75 Å². The number of carbonyl (C=O) groups excluding carboxylic acids is 1. The van der Waals surface area contributed by atoms with E-state index in [1.807, 2.05) is 6.07 Å². The van der Waals surface area contributed by atoms with E-state index < -0.39 is 10.9 Å². The van der Waals surface area contributed by atoms with Crippen molar-refractivity contribution in [2.45, 2.75) is 12.8 Å². The molecule has 0 saturated carbocycles. The van der Waals surface area contributed by atoms with Gasteiger partial charge in [0.05, 0.1) is 15.1 Å². The quantitative estimate of drug-likeness (QED) is 0.295. The number of carbonyl (C=O) groups is 1. The lowest BCUT2D eigenvalue weighted by molar-refractivity contribution is -0.380. The Labute approximate surface area is 150 Å². The van der Waals surface area contributed by atoms with Gasteiger partial charge in [-0.05, 0) is 31.0 Å². The number of nitro groups is 1. The molecule has 1 aliphatic rings. The molecular formula is C16H13N3O4S2. The summed E-state index contributed by atoms with van der Waals surface area (Å²) in [6.07, 6.45) is 2.37. The van der Waals surface area contributed by atoms with Crippen molar-refractivity contribution in [3.05, 3.63) is 45.3 Å². The molecule has 7 nitrogen and oxygen atoms in total. The van der Waals surface area contributed by atoms with Crippen LogP contribution in [-0.2, 0) is 0 Å². The number of esters is 1. The van der Waals surface area contributed by atoms with E-state index in [1.54, 1.807) is 23.5 Å². The monoisotopic (exact) mass is 375 g/mol. The van der Waals surface area contributed by atoms with Gasteiger partial charge in [0.1, 0.15) is 10.6 Å². The summed E-state index contributed by atoms with van der Waals surface area (Å²) in [6.45, 7) is 2.05. The lowest BCUT2D eigenvalue weighted by Crippen LogP contribution is -2.16. The van der Waals surface area contributed by atoms with Gasteiger partial charge < -0.3 is 9.64 Å². The fourth-order valence-corrected chi connectivity index (χ4v) is 4.44. The standard InChI is InChI=1S/C16H13N3O4S2/c20-15(12-5-6-14(24-12)19(21)22)23-10-3-4-11-13(9-10)25-16(17-11)18-7-1-2-8-18/h3-6,9H,1-2,7-8H2. The molecular weight excluding hydrogens is 362 g/mol. The van der Waals surface area contributed by atoms with Crippen LogP contribution in [0.15, 0.2) is 30.3 Å². The largest absolute Gasteiger partial charge is 0.422 e. The maximum Gasteiger partial charge on any atom is 0.353 e. The second-order valence-electron chi connectivity index (χ2n) is 5.60. The van der Waals surface area contributed by atoms with Crippen LogP contribution in [0.5, 0.6) is 5.75 Å². The Kier molecular flexibility index (Phi) is 4.10. The number of hydrogen-bond donors (Lipinski definition) is 0. The van der Waals surface area contributed by atoms with Gasteiger partial charge in [-0.15, -0.1) is 0 Å². The van der Waals surface area contributed by atoms with Crippen molar-refractivity contribution in [3.63, 3.8) is 0 Å². The number of ether oxygens (including phenoxy) is 1. The molecule has 2 aromatic heterocycles. The summed E-state index contributed by atoms with van der Waals surface area (Å²) in [5.74, 6) is -0.188. The van der Waals surface area contributed by atoms with E-state index in [4.69, 9.17) is 4.74 Å². The van der Waals surface area contributed by atoms with E-state index in [0.717, 1.165) is 39.8 Å². The van der Waals surface area contributed by atoms with Crippen LogP contribution in [0.4, 0.5) is 10.1 Å². The number of nitrogens with zero attached hydrogens (tertiary/aromatic N) is 3. The van der Waals surface area contributed by atoms with Crippen molar-refractivity contribution < 1.29 is 14.5 Å². The van der Waals surface area contributed by atoms with E-state index >= 15 is 0 Å². The summed E-state index contributed by atoms with van der Waals surface area (Å²) >= 11 is 2.38. The Morgan fingerprint density at radius 3 is 2.72 bits per heavy atom. The van der Waals surface area contributed by atoms with Gasteiger partial charge in [-0.3, -0.25) is 10.1 Å². The number of fused-ring (bicyclic) bond motifs is 1. The highest BCUT2D eigenvalue weighted by molar-refractivity contribution is 7.22. The molecule has 9 heteroatoms. The summed E-state index contributed by atoms with van der Waals surface area (Å²) in [7, 11) is 0. The van der Waals surface area contributed by atoms with Gasteiger partial charge in [0.15, 0.2) is 5.13 Å². The third-order valence-corrected chi connectivity index (χ3v) is 6.00. The van der Waals surface area contributed by atoms with Crippen LogP contribution in [0, 0.1) is 10.1 Å². The average molecular weight is 375 g/mol. The zero-order chi connectivity index (χ0) is 17.4. The van der Waals surface area contributed by atoms with Crippen LogP contribution >= 0.6 is 22.7 Å². The van der Waals surface area contributed by atoms with Crippen LogP contribution in [0.25, 0.3) is 10.2 Å². The number of aromatic nitrogens is 1. The molecule has 3 heterocycles. The zero-order valence-electron chi connectivity index (χ0n) is 13.0. The molecule has 0 atom stereocenters. The van der Waals surface area contributed by atoms with Crippen LogP contribution in [0.1, 0.15) is 22.5 Å². The Bertz CT molecular complexity index is 959. The van der Waals surface area contributed by atoms with Crippen molar-refractivity contribution >= 4 is 49.0 Å². The maximum absolute atomic E-state index is 12.1. The normalized spacial score (nSPS) is 14.2. The molecule has 0 unspecified atom stereocenters. The Morgan fingerprint density at radius 1 is 1.20 bits per heavy atom. The number of hydrogen-bond acceptors (Lipinski definition) is 8. The van der Waals surface area contributed by atoms with E-state index in [2.05, 4.69) is 9.88 Å². The minimum absolute atomic E-state index is 0.0832. The smallest absolute Gasteiger partial charge is 0.353 e. The number of thiophene rings is 1. The zero-order valence-corrected chi connectivity index (χ0v) is 14.6. The summed E-state index contributed by atoms with van der Waals surface area (Å²) in [4.78, 5) is 29.4. The Hall–Kier alpha value is -2.52. The third-order valence-electron chi connectivity index (χ3n) is 3.91. The molecule has 0 amide bonds. The average Bonchev–Trinajstić information content (AvgIpc) is 3.33. The molecule has 1 fully saturated rings. The molecule has 25 heavy (non-hydrogen) atoms. The molecule has 0 aliphatic carbocycles. The van der Waals surface area contributed by atoms with Crippen molar-refractivity contribution in [2.24, 2.45) is 0 Å². The fraction of sp³-hybridized carbons (Fsp3) is 0.250. The minimum atomic E-state index is -0.596. The summed E-state index contributed by atoms with van der Waals surface area (Å²) in [6, 6.07) is 8.00. The second-order valence-corrected chi connectivity index (χ2v) is 7.68. The van der Waals surface area contributed by atoms with E-state index in [9.17, 15) is 14.9 Å². The van der Waals surface area contributed by atoms with Gasteiger partial charge in [-0.25, -0.2) is 9.78 Å². The lowest BCUT2D eigenvalue weighted by atomic mass is 10.3. The number of anilines is 1. The Balaban J connectivity index is 1.54. The predicted octanol–water partition coefficient (Wildman–Crippen LogP) is 4.09. The van der Waals surface area contributed by atoms with Crippen LogP contribution in [0.2, 0.25) is 0 Å². The van der Waals surface area contributed by atoms with E-state index in [-0.39, 0.29) is 9.88 Å². The predicted molar refractivity (Wildman–Crippen MR) is 97.0 cm³/mol. The van der Waals surface area contributed by atoms with Crippen LogP contribution in [0.3, 0.4) is 0 Å². The van der Waals surface area contributed by atoms with Crippen LogP contribution in [-0.4, -0.2) is 29.0 Å². The first-order valence-corrected chi connectivity index (χ1v) is 9.35. The molecule has 1 saturated heterocycles. The van der Waals surface area contributed by atoms with E-state index in [1.165, 1.54) is 25.0 Å². The third kappa shape index (κ3) is 3.20. The minimum Gasteiger partial charge on any atom is -0.422 e. The van der Waals surface area contributed by atoms with Crippen molar-refractivity contribution in [3.8, 4) is 5.75 Å². The number of thiazole rings is 1. The molecule has 1 aromatic carbocycles. The molecule has 0 N–H and O–H groups in total. The fourth-order valence-electron chi connectivity index (χ4n) is 2.69. The van der Waals surface area contributed by atoms with Crippen molar-refractivity contribution in [1.29, 1.82) is 0 Å². The first-order chi connectivity index (χ1) is 12.1. The summed E-state index contributed by atoms with van der Waals surface area (Å²) in [5, 5.41) is 11.6. The molecule has 4 rings (SSSR count). The van der Waals surface area contributed by atoms with Crippen molar-refractivity contribution in [2.75, 3.05) is 18.0 Å². The molecule has 0 radical (unpaired) electrons. The Morgan fingerprint density at radius 2 is 2.00 bits per heavy atom.